The van der Waals surface area contributed by atoms with Gasteiger partial charge in [-0.3, -0.25) is 4.79 Å². The highest BCUT2D eigenvalue weighted by Crippen LogP contribution is 2.23. The van der Waals surface area contributed by atoms with Crippen LogP contribution in [0.25, 0.3) is 17.0 Å². The van der Waals surface area contributed by atoms with Gasteiger partial charge in [0.25, 0.3) is 0 Å². The van der Waals surface area contributed by atoms with Gasteiger partial charge in [-0.1, -0.05) is 46.3 Å². The summed E-state index contributed by atoms with van der Waals surface area (Å²) < 4.78 is 8.70. The van der Waals surface area contributed by atoms with E-state index in [9.17, 15) is 4.79 Å². The number of hydrogen-bond donors (Lipinski definition) is 0. The maximum atomic E-state index is 12.4. The zero-order valence-electron chi connectivity index (χ0n) is 14.5. The van der Waals surface area contributed by atoms with Gasteiger partial charge in [0.2, 0.25) is 5.78 Å². The molecule has 4 rings (SSSR count). The van der Waals surface area contributed by atoms with Crippen molar-refractivity contribution in [3.05, 3.63) is 107 Å². The molecule has 4 heteroatoms. The standard InChI is InChI=1S/C23H17BrNO2/c24-20-9-11-22-19(13-20)14-23(27-22)21(26)10-8-18-7-4-12-25(16-18)15-17-5-2-1-3-6-17/h1-14,16H,15H2/q+1/b10-8+. The third-order valence-electron chi connectivity index (χ3n) is 4.24. The topological polar surface area (TPSA) is 34.1 Å². The average Bonchev–Trinajstić information content (AvgIpc) is 3.10. The molecule has 3 nitrogen and oxygen atoms in total. The number of carbonyl (C=O) groups is 1. The van der Waals surface area contributed by atoms with E-state index in [1.807, 2.05) is 67.0 Å². The lowest BCUT2D eigenvalue weighted by molar-refractivity contribution is -0.688. The number of furan rings is 1. The van der Waals surface area contributed by atoms with Crippen LogP contribution in [-0.2, 0) is 6.54 Å². The number of nitrogens with zero attached hydrogens (tertiary/aromatic N) is 1. The minimum absolute atomic E-state index is 0.152. The van der Waals surface area contributed by atoms with Crippen LogP contribution in [0.15, 0.2) is 94.1 Å². The molecule has 2 heterocycles. The Kier molecular flexibility index (Phi) is 4.99. The highest BCUT2D eigenvalue weighted by atomic mass is 79.9. The molecule has 0 fully saturated rings. The Morgan fingerprint density at radius 1 is 1.04 bits per heavy atom. The van der Waals surface area contributed by atoms with Crippen LogP contribution >= 0.6 is 15.9 Å². The fourth-order valence-electron chi connectivity index (χ4n) is 2.92. The van der Waals surface area contributed by atoms with Crippen LogP contribution in [-0.4, -0.2) is 5.78 Å². The van der Waals surface area contributed by atoms with E-state index in [-0.39, 0.29) is 5.78 Å². The number of aromatic nitrogens is 1. The van der Waals surface area contributed by atoms with Crippen molar-refractivity contribution in [3.63, 3.8) is 0 Å². The number of pyridine rings is 1. The van der Waals surface area contributed by atoms with Gasteiger partial charge < -0.3 is 4.42 Å². The van der Waals surface area contributed by atoms with Gasteiger partial charge in [0.15, 0.2) is 24.7 Å². The predicted molar refractivity (Wildman–Crippen MR) is 109 cm³/mol. The first-order chi connectivity index (χ1) is 13.2. The largest absolute Gasteiger partial charge is 0.453 e. The smallest absolute Gasteiger partial charge is 0.221 e. The first kappa shape index (κ1) is 17.4. The summed E-state index contributed by atoms with van der Waals surface area (Å²) in [6.07, 6.45) is 7.40. The Bertz CT molecular complexity index is 1130. The summed E-state index contributed by atoms with van der Waals surface area (Å²) >= 11 is 3.43. The van der Waals surface area contributed by atoms with Gasteiger partial charge in [0, 0.05) is 27.1 Å². The summed E-state index contributed by atoms with van der Waals surface area (Å²) in [5, 5.41) is 0.904. The first-order valence-electron chi connectivity index (χ1n) is 8.62. The van der Waals surface area contributed by atoms with Gasteiger partial charge in [0.05, 0.1) is 0 Å². The number of carbonyl (C=O) groups excluding carboxylic acids is 1. The molecule has 2 aromatic heterocycles. The third-order valence-corrected chi connectivity index (χ3v) is 4.73. The molecule has 0 aliphatic heterocycles. The van der Waals surface area contributed by atoms with Crippen LogP contribution in [0.1, 0.15) is 21.7 Å². The van der Waals surface area contributed by atoms with Gasteiger partial charge >= 0.3 is 0 Å². The number of fused-ring (bicyclic) bond motifs is 1. The van der Waals surface area contributed by atoms with E-state index < -0.39 is 0 Å². The maximum Gasteiger partial charge on any atom is 0.221 e. The normalized spacial score (nSPS) is 11.3. The van der Waals surface area contributed by atoms with Gasteiger partial charge in [-0.15, -0.1) is 0 Å². The number of rotatable bonds is 5. The van der Waals surface area contributed by atoms with Crippen molar-refractivity contribution in [1.29, 1.82) is 0 Å². The zero-order valence-corrected chi connectivity index (χ0v) is 16.1. The van der Waals surface area contributed by atoms with Crippen molar-refractivity contribution < 1.29 is 13.8 Å². The minimum Gasteiger partial charge on any atom is -0.453 e. The van der Waals surface area contributed by atoms with Gasteiger partial charge in [-0.25, -0.2) is 4.57 Å². The Hall–Kier alpha value is -2.98. The quantitative estimate of drug-likeness (QED) is 0.246. The molecular weight excluding hydrogens is 402 g/mol. The van der Waals surface area contributed by atoms with Crippen molar-refractivity contribution in [1.82, 2.24) is 0 Å². The van der Waals surface area contributed by atoms with E-state index in [4.69, 9.17) is 4.42 Å². The molecule has 0 amide bonds. The van der Waals surface area contributed by atoms with Crippen LogP contribution in [0.4, 0.5) is 0 Å². The van der Waals surface area contributed by atoms with Gasteiger partial charge in [0.1, 0.15) is 5.58 Å². The van der Waals surface area contributed by atoms with Crippen molar-refractivity contribution in [2.45, 2.75) is 6.54 Å². The number of benzene rings is 2. The maximum absolute atomic E-state index is 12.4. The number of halogens is 1. The average molecular weight is 419 g/mol. The molecule has 0 aliphatic carbocycles. The van der Waals surface area contributed by atoms with E-state index in [0.717, 1.165) is 22.0 Å². The van der Waals surface area contributed by atoms with Crippen LogP contribution < -0.4 is 4.57 Å². The molecule has 0 N–H and O–H groups in total. The molecule has 0 saturated carbocycles. The number of hydrogen-bond acceptors (Lipinski definition) is 2. The molecule has 0 bridgehead atoms. The second-order valence-electron chi connectivity index (χ2n) is 6.29. The molecule has 0 saturated heterocycles. The van der Waals surface area contributed by atoms with Crippen molar-refractivity contribution in [3.8, 4) is 0 Å². The summed E-state index contributed by atoms with van der Waals surface area (Å²) in [6, 6.07) is 21.7. The molecular formula is C23H17BrNO2+. The van der Waals surface area contributed by atoms with Crippen molar-refractivity contribution in [2.75, 3.05) is 0 Å². The molecule has 132 valence electrons. The van der Waals surface area contributed by atoms with Crippen LogP contribution in [0, 0.1) is 0 Å². The zero-order chi connectivity index (χ0) is 18.6. The molecule has 0 unspecified atom stereocenters. The van der Waals surface area contributed by atoms with Gasteiger partial charge in [-0.2, -0.15) is 0 Å². The molecule has 0 aliphatic rings. The molecule has 4 aromatic rings. The number of ketones is 1. The third kappa shape index (κ3) is 4.23. The lowest BCUT2D eigenvalue weighted by Crippen LogP contribution is -2.33. The highest BCUT2D eigenvalue weighted by molar-refractivity contribution is 9.10. The van der Waals surface area contributed by atoms with E-state index >= 15 is 0 Å². The lowest BCUT2D eigenvalue weighted by atomic mass is 10.2. The Morgan fingerprint density at radius 2 is 1.89 bits per heavy atom. The first-order valence-corrected chi connectivity index (χ1v) is 9.41. The summed E-state index contributed by atoms with van der Waals surface area (Å²) in [7, 11) is 0. The lowest BCUT2D eigenvalue weighted by Gasteiger charge is -1.98. The van der Waals surface area contributed by atoms with E-state index in [0.29, 0.717) is 11.3 Å². The Morgan fingerprint density at radius 3 is 2.74 bits per heavy atom. The minimum atomic E-state index is -0.152. The summed E-state index contributed by atoms with van der Waals surface area (Å²) in [5.74, 6) is 0.188. The Labute approximate surface area is 165 Å². The van der Waals surface area contributed by atoms with Crippen LogP contribution in [0.2, 0.25) is 0 Å². The second kappa shape index (κ2) is 7.72. The molecule has 27 heavy (non-hydrogen) atoms. The Balaban J connectivity index is 1.51. The van der Waals surface area contributed by atoms with Crippen molar-refractivity contribution in [2.24, 2.45) is 0 Å². The van der Waals surface area contributed by atoms with E-state index in [1.54, 1.807) is 12.1 Å². The molecule has 0 radical (unpaired) electrons. The summed E-state index contributed by atoms with van der Waals surface area (Å²) in [6.45, 7) is 0.787. The highest BCUT2D eigenvalue weighted by Gasteiger charge is 2.10. The van der Waals surface area contributed by atoms with Gasteiger partial charge in [-0.05, 0) is 42.5 Å². The number of allylic oxidation sites excluding steroid dienone is 1. The SMILES string of the molecule is O=C(/C=C/c1ccc[n+](Cc2ccccc2)c1)c1cc2cc(Br)ccc2o1. The fourth-order valence-corrected chi connectivity index (χ4v) is 3.30. The second-order valence-corrected chi connectivity index (χ2v) is 7.20. The van der Waals surface area contributed by atoms with E-state index in [1.165, 1.54) is 5.56 Å². The molecule has 0 spiro atoms. The summed E-state index contributed by atoms with van der Waals surface area (Å²) in [4.78, 5) is 12.4. The molecule has 2 aromatic carbocycles. The van der Waals surface area contributed by atoms with Crippen LogP contribution in [0.3, 0.4) is 0 Å². The van der Waals surface area contributed by atoms with Crippen LogP contribution in [0.5, 0.6) is 0 Å². The fraction of sp³-hybridized carbons (Fsp3) is 0.0435. The monoisotopic (exact) mass is 418 g/mol. The van der Waals surface area contributed by atoms with E-state index in [2.05, 4.69) is 32.6 Å². The summed E-state index contributed by atoms with van der Waals surface area (Å²) in [5.41, 5.74) is 2.89. The van der Waals surface area contributed by atoms with Crippen molar-refractivity contribution >= 4 is 38.8 Å². The predicted octanol–water partition coefficient (Wildman–Crippen LogP) is 5.43. The molecule has 0 atom stereocenters.